The number of rotatable bonds is 7. The maximum absolute atomic E-state index is 12.6. The Morgan fingerprint density at radius 1 is 1.12 bits per heavy atom. The number of carbonyl (C=O) groups excluding carboxylic acids is 2. The van der Waals surface area contributed by atoms with E-state index in [9.17, 15) is 9.59 Å². The molecule has 1 heterocycles. The van der Waals surface area contributed by atoms with E-state index in [-0.39, 0.29) is 17.1 Å². The van der Waals surface area contributed by atoms with Gasteiger partial charge in [-0.15, -0.1) is 0 Å². The zero-order chi connectivity index (χ0) is 18.4. The predicted octanol–water partition coefficient (Wildman–Crippen LogP) is 3.31. The summed E-state index contributed by atoms with van der Waals surface area (Å²) < 4.78 is 4.94. The summed E-state index contributed by atoms with van der Waals surface area (Å²) in [5, 5.41) is 2.79. The summed E-state index contributed by atoms with van der Waals surface area (Å²) in [6.45, 7) is 7.52. The van der Waals surface area contributed by atoms with Crippen LogP contribution < -0.4 is 5.32 Å². The van der Waals surface area contributed by atoms with Crippen LogP contribution in [0, 0.1) is 0 Å². The largest absolute Gasteiger partial charge is 0.385 e. The van der Waals surface area contributed by atoms with Gasteiger partial charge in [0.15, 0.2) is 5.78 Å². The van der Waals surface area contributed by atoms with Crippen LogP contribution in [-0.2, 0) is 10.2 Å². The van der Waals surface area contributed by atoms with Crippen LogP contribution in [0.25, 0.3) is 0 Å². The number of hydrogen-bond donors (Lipinski definition) is 2. The zero-order valence-corrected chi connectivity index (χ0v) is 15.3. The van der Waals surface area contributed by atoms with Gasteiger partial charge in [0.25, 0.3) is 5.91 Å². The van der Waals surface area contributed by atoms with Gasteiger partial charge in [0.2, 0.25) is 0 Å². The van der Waals surface area contributed by atoms with Crippen molar-refractivity contribution in [1.82, 2.24) is 10.3 Å². The lowest BCUT2D eigenvalue weighted by Crippen LogP contribution is -2.25. The van der Waals surface area contributed by atoms with Gasteiger partial charge in [-0.25, -0.2) is 0 Å². The van der Waals surface area contributed by atoms with Crippen molar-refractivity contribution < 1.29 is 14.3 Å². The Morgan fingerprint density at radius 3 is 2.40 bits per heavy atom. The molecular formula is C20H26N2O3. The van der Waals surface area contributed by atoms with Gasteiger partial charge in [-0.2, -0.15) is 0 Å². The van der Waals surface area contributed by atoms with Crippen molar-refractivity contribution in [3.05, 3.63) is 58.9 Å². The predicted molar refractivity (Wildman–Crippen MR) is 98.2 cm³/mol. The fourth-order valence-electron chi connectivity index (χ4n) is 2.46. The summed E-state index contributed by atoms with van der Waals surface area (Å²) in [6, 6.07) is 9.21. The highest BCUT2D eigenvalue weighted by Crippen LogP contribution is 2.23. The van der Waals surface area contributed by atoms with Crippen LogP contribution in [0.1, 0.15) is 59.2 Å². The van der Waals surface area contributed by atoms with Crippen LogP contribution in [0.2, 0.25) is 0 Å². The van der Waals surface area contributed by atoms with Crippen molar-refractivity contribution in [2.24, 2.45) is 0 Å². The normalized spacial score (nSPS) is 11.4. The number of ether oxygens (including phenoxy) is 1. The number of aromatic amines is 1. The molecule has 0 spiro atoms. The summed E-state index contributed by atoms with van der Waals surface area (Å²) >= 11 is 0. The molecule has 0 aliphatic heterocycles. The molecule has 2 rings (SSSR count). The molecule has 1 amide bonds. The van der Waals surface area contributed by atoms with E-state index in [4.69, 9.17) is 4.74 Å². The van der Waals surface area contributed by atoms with Gasteiger partial charge in [0.1, 0.15) is 5.69 Å². The van der Waals surface area contributed by atoms with Crippen LogP contribution in [0.15, 0.2) is 36.5 Å². The molecule has 0 unspecified atom stereocenters. The maximum Gasteiger partial charge on any atom is 0.267 e. The summed E-state index contributed by atoms with van der Waals surface area (Å²) in [5.74, 6) is -0.326. The van der Waals surface area contributed by atoms with Gasteiger partial charge in [0.05, 0.1) is 0 Å². The molecular weight excluding hydrogens is 316 g/mol. The highest BCUT2D eigenvalue weighted by Gasteiger charge is 2.17. The van der Waals surface area contributed by atoms with E-state index >= 15 is 0 Å². The molecule has 0 saturated carbocycles. The number of aromatic nitrogens is 1. The fourth-order valence-corrected chi connectivity index (χ4v) is 2.46. The van der Waals surface area contributed by atoms with E-state index in [1.165, 1.54) is 5.56 Å². The SMILES string of the molecule is COCCCNC(=O)c1cc(C(=O)c2ccc(C(C)(C)C)cc2)c[nH]1. The third-order valence-corrected chi connectivity index (χ3v) is 4.01. The number of methoxy groups -OCH3 is 1. The summed E-state index contributed by atoms with van der Waals surface area (Å²) in [7, 11) is 1.62. The number of hydrogen-bond acceptors (Lipinski definition) is 3. The average molecular weight is 342 g/mol. The van der Waals surface area contributed by atoms with E-state index in [2.05, 4.69) is 31.1 Å². The summed E-state index contributed by atoms with van der Waals surface area (Å²) in [4.78, 5) is 27.5. The Bertz CT molecular complexity index is 724. The van der Waals surface area contributed by atoms with Crippen molar-refractivity contribution in [3.63, 3.8) is 0 Å². The molecule has 0 aliphatic carbocycles. The van der Waals surface area contributed by atoms with E-state index in [0.29, 0.717) is 30.0 Å². The van der Waals surface area contributed by atoms with E-state index in [0.717, 1.165) is 6.42 Å². The lowest BCUT2D eigenvalue weighted by molar-refractivity contribution is 0.0944. The Labute approximate surface area is 148 Å². The first kappa shape index (κ1) is 18.9. The second kappa shape index (κ2) is 8.12. The van der Waals surface area contributed by atoms with Crippen molar-refractivity contribution in [2.75, 3.05) is 20.3 Å². The molecule has 2 aromatic rings. The fraction of sp³-hybridized carbons (Fsp3) is 0.400. The zero-order valence-electron chi connectivity index (χ0n) is 15.3. The Morgan fingerprint density at radius 2 is 1.80 bits per heavy atom. The quantitative estimate of drug-likeness (QED) is 0.599. The van der Waals surface area contributed by atoms with Gasteiger partial charge in [-0.3, -0.25) is 9.59 Å². The number of ketones is 1. The van der Waals surface area contributed by atoms with Crippen molar-refractivity contribution in [1.29, 1.82) is 0 Å². The average Bonchev–Trinajstić information content (AvgIpc) is 3.07. The Kier molecular flexibility index (Phi) is 6.15. The molecule has 0 aliphatic rings. The molecule has 0 radical (unpaired) electrons. The lowest BCUT2D eigenvalue weighted by Gasteiger charge is -2.18. The highest BCUT2D eigenvalue weighted by molar-refractivity contribution is 6.10. The molecule has 5 nitrogen and oxygen atoms in total. The van der Waals surface area contributed by atoms with Gasteiger partial charge >= 0.3 is 0 Å². The van der Waals surface area contributed by atoms with Crippen LogP contribution in [0.3, 0.4) is 0 Å². The number of H-pyrrole nitrogens is 1. The molecule has 1 aromatic heterocycles. The Balaban J connectivity index is 2.03. The minimum atomic E-state index is -0.224. The standard InChI is InChI=1S/C20H26N2O3/c1-20(2,3)16-8-6-14(7-9-16)18(23)15-12-17(22-13-15)19(24)21-10-5-11-25-4/h6-9,12-13,22H,5,10-11H2,1-4H3,(H,21,24). The number of amides is 1. The van der Waals surface area contributed by atoms with Crippen LogP contribution >= 0.6 is 0 Å². The summed E-state index contributed by atoms with van der Waals surface area (Å²) in [6.07, 6.45) is 2.32. The molecule has 0 bridgehead atoms. The third kappa shape index (κ3) is 5.03. The number of carbonyl (C=O) groups is 2. The minimum absolute atomic E-state index is 0.0454. The van der Waals surface area contributed by atoms with Crippen LogP contribution in [-0.4, -0.2) is 36.9 Å². The van der Waals surface area contributed by atoms with Gasteiger partial charge in [-0.1, -0.05) is 45.0 Å². The number of nitrogens with one attached hydrogen (secondary N) is 2. The van der Waals surface area contributed by atoms with Crippen molar-refractivity contribution in [2.45, 2.75) is 32.6 Å². The molecule has 2 N–H and O–H groups in total. The van der Waals surface area contributed by atoms with Crippen LogP contribution in [0.5, 0.6) is 0 Å². The van der Waals surface area contributed by atoms with Gasteiger partial charge in [-0.05, 0) is 23.5 Å². The smallest absolute Gasteiger partial charge is 0.267 e. The van der Waals surface area contributed by atoms with E-state index < -0.39 is 0 Å². The van der Waals surface area contributed by atoms with Crippen molar-refractivity contribution in [3.8, 4) is 0 Å². The maximum atomic E-state index is 12.6. The van der Waals surface area contributed by atoms with Crippen LogP contribution in [0.4, 0.5) is 0 Å². The molecule has 0 atom stereocenters. The molecule has 134 valence electrons. The third-order valence-electron chi connectivity index (χ3n) is 4.01. The Hall–Kier alpha value is -2.40. The minimum Gasteiger partial charge on any atom is -0.385 e. The monoisotopic (exact) mass is 342 g/mol. The molecule has 0 saturated heterocycles. The van der Waals surface area contributed by atoms with Crippen molar-refractivity contribution >= 4 is 11.7 Å². The first-order valence-corrected chi connectivity index (χ1v) is 8.43. The van der Waals surface area contributed by atoms with E-state index in [1.807, 2.05) is 24.3 Å². The number of benzene rings is 1. The summed E-state index contributed by atoms with van der Waals surface area (Å²) in [5.41, 5.74) is 2.69. The topological polar surface area (TPSA) is 71.2 Å². The molecule has 0 fully saturated rings. The molecule has 5 heteroatoms. The second-order valence-corrected chi connectivity index (χ2v) is 7.06. The highest BCUT2D eigenvalue weighted by atomic mass is 16.5. The van der Waals surface area contributed by atoms with E-state index in [1.54, 1.807) is 19.4 Å². The lowest BCUT2D eigenvalue weighted by atomic mass is 9.86. The first-order valence-electron chi connectivity index (χ1n) is 8.43. The second-order valence-electron chi connectivity index (χ2n) is 7.06. The first-order chi connectivity index (χ1) is 11.8. The van der Waals surface area contributed by atoms with Gasteiger partial charge < -0.3 is 15.0 Å². The molecule has 1 aromatic carbocycles. The molecule has 25 heavy (non-hydrogen) atoms. The van der Waals surface area contributed by atoms with Gasteiger partial charge in [0, 0.05) is 37.6 Å².